The Morgan fingerprint density at radius 3 is 2.40 bits per heavy atom. The van der Waals surface area contributed by atoms with Crippen molar-refractivity contribution in [3.63, 3.8) is 0 Å². The maximum atomic E-state index is 11.9. The van der Waals surface area contributed by atoms with Crippen molar-refractivity contribution in [2.24, 2.45) is 5.73 Å². The molecule has 2 unspecified atom stereocenters. The van der Waals surface area contributed by atoms with Crippen LogP contribution in [0.25, 0.3) is 0 Å². The van der Waals surface area contributed by atoms with Crippen LogP contribution in [0, 0.1) is 6.92 Å². The Morgan fingerprint density at radius 1 is 1.30 bits per heavy atom. The van der Waals surface area contributed by atoms with Crippen LogP contribution < -0.4 is 11.1 Å². The smallest absolute Gasteiger partial charge is 0.220 e. The number of nitrogens with one attached hydrogen (secondary N) is 1. The molecule has 0 saturated heterocycles. The van der Waals surface area contributed by atoms with Gasteiger partial charge in [0.15, 0.2) is 0 Å². The molecule has 0 radical (unpaired) electrons. The Bertz CT molecular complexity index is 390. The van der Waals surface area contributed by atoms with Gasteiger partial charge in [0.1, 0.15) is 0 Å². The highest BCUT2D eigenvalue weighted by Gasteiger charge is 2.13. The summed E-state index contributed by atoms with van der Waals surface area (Å²) in [6.45, 7) is 6.82. The summed E-state index contributed by atoms with van der Waals surface area (Å²) in [5.41, 5.74) is 8.16. The highest BCUT2D eigenvalue weighted by Crippen LogP contribution is 2.23. The third-order valence-electron chi connectivity index (χ3n) is 3.40. The minimum absolute atomic E-state index is 0. The van der Waals surface area contributed by atoms with Gasteiger partial charge >= 0.3 is 0 Å². The summed E-state index contributed by atoms with van der Waals surface area (Å²) in [7, 11) is 0. The van der Waals surface area contributed by atoms with Crippen LogP contribution in [0.3, 0.4) is 0 Å². The zero-order chi connectivity index (χ0) is 14.3. The van der Waals surface area contributed by atoms with Crippen molar-refractivity contribution < 1.29 is 4.79 Å². The summed E-state index contributed by atoms with van der Waals surface area (Å²) in [5.74, 6) is 0.420. The van der Waals surface area contributed by atoms with Crippen LogP contribution in [0.15, 0.2) is 24.3 Å². The van der Waals surface area contributed by atoms with E-state index in [0.29, 0.717) is 18.9 Å². The molecule has 0 aliphatic rings. The highest BCUT2D eigenvalue weighted by molar-refractivity contribution is 5.85. The van der Waals surface area contributed by atoms with E-state index in [9.17, 15) is 4.79 Å². The maximum Gasteiger partial charge on any atom is 0.220 e. The summed E-state index contributed by atoms with van der Waals surface area (Å²) in [4.78, 5) is 11.9. The summed E-state index contributed by atoms with van der Waals surface area (Å²) in [6, 6.07) is 8.59. The van der Waals surface area contributed by atoms with Gasteiger partial charge in [-0.3, -0.25) is 4.79 Å². The molecule has 1 aromatic carbocycles. The fourth-order valence-corrected chi connectivity index (χ4v) is 2.07. The second-order valence-corrected chi connectivity index (χ2v) is 5.34. The van der Waals surface area contributed by atoms with Gasteiger partial charge in [-0.1, -0.05) is 36.8 Å². The van der Waals surface area contributed by atoms with E-state index in [-0.39, 0.29) is 24.4 Å². The Hall–Kier alpha value is -1.06. The summed E-state index contributed by atoms with van der Waals surface area (Å²) in [5, 5.41) is 2.94. The van der Waals surface area contributed by atoms with Crippen molar-refractivity contribution in [3.8, 4) is 0 Å². The van der Waals surface area contributed by atoms with Crippen molar-refractivity contribution in [1.29, 1.82) is 0 Å². The number of hydrogen-bond donors (Lipinski definition) is 2. The molecule has 20 heavy (non-hydrogen) atoms. The highest BCUT2D eigenvalue weighted by atomic mass is 35.5. The van der Waals surface area contributed by atoms with Gasteiger partial charge in [0, 0.05) is 19.0 Å². The molecule has 0 aliphatic carbocycles. The van der Waals surface area contributed by atoms with E-state index in [1.54, 1.807) is 0 Å². The van der Waals surface area contributed by atoms with Crippen LogP contribution in [0.1, 0.15) is 50.2 Å². The number of amides is 1. The molecule has 0 saturated carbocycles. The van der Waals surface area contributed by atoms with Gasteiger partial charge in [-0.2, -0.15) is 0 Å². The predicted octanol–water partition coefficient (Wildman–Crippen LogP) is 3.15. The van der Waals surface area contributed by atoms with Crippen molar-refractivity contribution >= 4 is 18.3 Å². The molecule has 2 atom stereocenters. The molecule has 4 heteroatoms. The number of rotatable bonds is 7. The van der Waals surface area contributed by atoms with Crippen LogP contribution in [0.2, 0.25) is 0 Å². The molecular formula is C16H27ClN2O. The quantitative estimate of drug-likeness (QED) is 0.812. The molecule has 0 spiro atoms. The average molecular weight is 299 g/mol. The summed E-state index contributed by atoms with van der Waals surface area (Å²) < 4.78 is 0. The standard InChI is InChI=1S/C16H26N2O.ClH/c1-4-14(15-7-5-12(2)6-8-15)11-16(19)18-10-9-13(3)17;/h5-8,13-14H,4,9-11,17H2,1-3H3,(H,18,19);1H. The first-order valence-electron chi connectivity index (χ1n) is 7.11. The van der Waals surface area contributed by atoms with Crippen LogP contribution in [0.5, 0.6) is 0 Å². The van der Waals surface area contributed by atoms with E-state index in [4.69, 9.17) is 5.73 Å². The predicted molar refractivity (Wildman–Crippen MR) is 87.4 cm³/mol. The fraction of sp³-hybridized carbons (Fsp3) is 0.562. The number of aryl methyl sites for hydroxylation is 1. The van der Waals surface area contributed by atoms with Crippen molar-refractivity contribution in [2.75, 3.05) is 6.54 Å². The van der Waals surface area contributed by atoms with E-state index < -0.39 is 0 Å². The molecule has 0 aliphatic heterocycles. The van der Waals surface area contributed by atoms with Gasteiger partial charge in [0.2, 0.25) is 5.91 Å². The zero-order valence-electron chi connectivity index (χ0n) is 12.7. The molecular weight excluding hydrogens is 272 g/mol. The number of carbonyl (C=O) groups excluding carboxylic acids is 1. The van der Waals surface area contributed by atoms with Gasteiger partial charge < -0.3 is 11.1 Å². The molecule has 1 amide bonds. The lowest BCUT2D eigenvalue weighted by Crippen LogP contribution is -2.29. The van der Waals surface area contributed by atoms with E-state index in [0.717, 1.165) is 12.8 Å². The zero-order valence-corrected chi connectivity index (χ0v) is 13.5. The van der Waals surface area contributed by atoms with Crippen LogP contribution in [-0.4, -0.2) is 18.5 Å². The lowest BCUT2D eigenvalue weighted by molar-refractivity contribution is -0.121. The monoisotopic (exact) mass is 298 g/mol. The van der Waals surface area contributed by atoms with E-state index in [1.807, 2.05) is 6.92 Å². The molecule has 0 fully saturated rings. The van der Waals surface area contributed by atoms with Crippen molar-refractivity contribution in [2.45, 2.75) is 52.0 Å². The van der Waals surface area contributed by atoms with Crippen LogP contribution in [0.4, 0.5) is 0 Å². The first-order valence-corrected chi connectivity index (χ1v) is 7.11. The maximum absolute atomic E-state index is 11.9. The molecule has 114 valence electrons. The minimum atomic E-state index is 0. The van der Waals surface area contributed by atoms with E-state index >= 15 is 0 Å². The normalized spacial score (nSPS) is 13.2. The minimum Gasteiger partial charge on any atom is -0.356 e. The molecule has 1 aromatic rings. The topological polar surface area (TPSA) is 55.1 Å². The Morgan fingerprint density at radius 2 is 1.90 bits per heavy atom. The van der Waals surface area contributed by atoms with Gasteiger partial charge in [-0.25, -0.2) is 0 Å². The molecule has 1 rings (SSSR count). The first-order chi connectivity index (χ1) is 9.02. The number of carbonyl (C=O) groups is 1. The second kappa shape index (κ2) is 9.78. The molecule has 0 heterocycles. The summed E-state index contributed by atoms with van der Waals surface area (Å²) in [6.07, 6.45) is 2.36. The lowest BCUT2D eigenvalue weighted by atomic mass is 9.92. The number of hydrogen-bond acceptors (Lipinski definition) is 2. The SMILES string of the molecule is CCC(CC(=O)NCCC(C)N)c1ccc(C)cc1.Cl. The van der Waals surface area contributed by atoms with Gasteiger partial charge in [-0.05, 0) is 38.2 Å². The summed E-state index contributed by atoms with van der Waals surface area (Å²) >= 11 is 0. The largest absolute Gasteiger partial charge is 0.356 e. The molecule has 3 nitrogen and oxygen atoms in total. The van der Waals surface area contributed by atoms with Crippen molar-refractivity contribution in [3.05, 3.63) is 35.4 Å². The first kappa shape index (κ1) is 18.9. The van der Waals surface area contributed by atoms with Gasteiger partial charge in [-0.15, -0.1) is 12.4 Å². The Balaban J connectivity index is 0.00000361. The van der Waals surface area contributed by atoms with E-state index in [1.165, 1.54) is 11.1 Å². The molecule has 3 N–H and O–H groups in total. The number of benzene rings is 1. The fourth-order valence-electron chi connectivity index (χ4n) is 2.07. The molecule has 0 aromatic heterocycles. The number of nitrogens with two attached hydrogens (primary N) is 1. The number of halogens is 1. The van der Waals surface area contributed by atoms with Gasteiger partial charge in [0.05, 0.1) is 0 Å². The van der Waals surface area contributed by atoms with Crippen LogP contribution >= 0.6 is 12.4 Å². The average Bonchev–Trinajstić information content (AvgIpc) is 2.36. The Kier molecular flexibility index (Phi) is 9.26. The van der Waals surface area contributed by atoms with Crippen molar-refractivity contribution in [1.82, 2.24) is 5.32 Å². The third kappa shape index (κ3) is 6.92. The Labute approximate surface area is 128 Å². The van der Waals surface area contributed by atoms with E-state index in [2.05, 4.69) is 43.4 Å². The lowest BCUT2D eigenvalue weighted by Gasteiger charge is -2.15. The second-order valence-electron chi connectivity index (χ2n) is 5.34. The van der Waals surface area contributed by atoms with Crippen LogP contribution in [-0.2, 0) is 4.79 Å². The molecule has 0 bridgehead atoms. The third-order valence-corrected chi connectivity index (χ3v) is 3.40. The van der Waals surface area contributed by atoms with Gasteiger partial charge in [0.25, 0.3) is 0 Å².